The summed E-state index contributed by atoms with van der Waals surface area (Å²) in [5.74, 6) is 0.0537. The molecule has 7 nitrogen and oxygen atoms in total. The third-order valence-corrected chi connectivity index (χ3v) is 2.81. The number of hydrogen-bond acceptors (Lipinski definition) is 7. The molecule has 0 amide bonds. The Balaban J connectivity index is 2.24. The molecule has 0 spiro atoms. The van der Waals surface area contributed by atoms with E-state index in [9.17, 15) is 10.1 Å². The van der Waals surface area contributed by atoms with Crippen molar-refractivity contribution in [1.29, 1.82) is 0 Å². The highest BCUT2D eigenvalue weighted by molar-refractivity contribution is 7.14. The normalized spacial score (nSPS) is 10.6. The molecule has 0 unspecified atom stereocenters. The van der Waals surface area contributed by atoms with Crippen LogP contribution in [0.5, 0.6) is 0 Å². The van der Waals surface area contributed by atoms with E-state index in [0.29, 0.717) is 23.7 Å². The average molecular weight is 240 g/mol. The van der Waals surface area contributed by atoms with Crippen molar-refractivity contribution < 1.29 is 9.34 Å². The van der Waals surface area contributed by atoms with Crippen LogP contribution in [0.3, 0.4) is 0 Å². The summed E-state index contributed by atoms with van der Waals surface area (Å²) in [6, 6.07) is 2.80. The van der Waals surface area contributed by atoms with Crippen molar-refractivity contribution in [3.8, 4) is 10.8 Å². The van der Waals surface area contributed by atoms with E-state index in [0.717, 1.165) is 5.01 Å². The topological polar surface area (TPSA) is 108 Å². The van der Waals surface area contributed by atoms with Gasteiger partial charge in [-0.2, -0.15) is 0 Å². The lowest BCUT2D eigenvalue weighted by Crippen LogP contribution is -2.01. The van der Waals surface area contributed by atoms with Gasteiger partial charge in [0.2, 0.25) is 0 Å². The Kier molecular flexibility index (Phi) is 2.93. The van der Waals surface area contributed by atoms with Crippen molar-refractivity contribution in [3.05, 3.63) is 27.3 Å². The molecule has 8 heteroatoms. The molecule has 0 aliphatic carbocycles. The lowest BCUT2D eigenvalue weighted by molar-refractivity contribution is -0.401. The highest BCUT2D eigenvalue weighted by atomic mass is 32.1. The maximum atomic E-state index is 10.4. The average Bonchev–Trinajstić information content (AvgIpc) is 2.84. The molecular formula is C8H8N4O3S. The van der Waals surface area contributed by atoms with Gasteiger partial charge in [-0.05, 0) is 12.6 Å². The van der Waals surface area contributed by atoms with Crippen LogP contribution in [-0.2, 0) is 6.42 Å². The smallest absolute Gasteiger partial charge is 0.398 e. The Morgan fingerprint density at radius 1 is 1.50 bits per heavy atom. The predicted molar refractivity (Wildman–Crippen MR) is 57.0 cm³/mol. The van der Waals surface area contributed by atoms with E-state index in [1.165, 1.54) is 23.5 Å². The van der Waals surface area contributed by atoms with Gasteiger partial charge in [-0.3, -0.25) is 10.1 Å². The summed E-state index contributed by atoms with van der Waals surface area (Å²) in [6.45, 7) is 0.493. The van der Waals surface area contributed by atoms with Crippen LogP contribution in [-0.4, -0.2) is 21.7 Å². The van der Waals surface area contributed by atoms with E-state index < -0.39 is 4.92 Å². The van der Waals surface area contributed by atoms with E-state index in [1.54, 1.807) is 0 Å². The molecule has 0 saturated heterocycles. The van der Waals surface area contributed by atoms with Gasteiger partial charge in [-0.15, -0.1) is 10.2 Å². The van der Waals surface area contributed by atoms with Gasteiger partial charge in [0.1, 0.15) is 9.93 Å². The van der Waals surface area contributed by atoms with Crippen LogP contribution in [0, 0.1) is 10.1 Å². The van der Waals surface area contributed by atoms with E-state index in [-0.39, 0.29) is 5.88 Å². The molecule has 0 aromatic carbocycles. The summed E-state index contributed by atoms with van der Waals surface area (Å²) in [6.07, 6.45) is 0.639. The molecule has 2 aromatic rings. The molecule has 0 bridgehead atoms. The predicted octanol–water partition coefficient (Wildman–Crippen LogP) is 1.21. The second-order valence-corrected chi connectivity index (χ2v) is 4.00. The van der Waals surface area contributed by atoms with Crippen LogP contribution < -0.4 is 5.73 Å². The summed E-state index contributed by atoms with van der Waals surface area (Å²) in [4.78, 5) is 9.82. The highest BCUT2D eigenvalue weighted by Crippen LogP contribution is 2.28. The summed E-state index contributed by atoms with van der Waals surface area (Å²) in [5.41, 5.74) is 5.38. The van der Waals surface area contributed by atoms with Crippen LogP contribution in [0.2, 0.25) is 0 Å². The molecule has 0 aliphatic heterocycles. The van der Waals surface area contributed by atoms with Crippen molar-refractivity contribution in [2.45, 2.75) is 6.42 Å². The molecule has 0 aliphatic rings. The van der Waals surface area contributed by atoms with Gasteiger partial charge >= 0.3 is 5.88 Å². The molecule has 2 aromatic heterocycles. The molecule has 2 heterocycles. The zero-order valence-electron chi connectivity index (χ0n) is 8.12. The fourth-order valence-corrected chi connectivity index (χ4v) is 1.94. The van der Waals surface area contributed by atoms with Gasteiger partial charge in [0.15, 0.2) is 10.8 Å². The zero-order chi connectivity index (χ0) is 11.5. The first-order valence-corrected chi connectivity index (χ1v) is 5.29. The lowest BCUT2D eigenvalue weighted by Gasteiger charge is -1.86. The first-order valence-electron chi connectivity index (χ1n) is 4.47. The number of nitrogens with two attached hydrogens (primary N) is 1. The van der Waals surface area contributed by atoms with Gasteiger partial charge in [0.25, 0.3) is 0 Å². The molecule has 0 radical (unpaired) electrons. The Labute approximate surface area is 94.1 Å². The first-order chi connectivity index (χ1) is 7.70. The summed E-state index contributed by atoms with van der Waals surface area (Å²) in [5, 5.41) is 19.5. The minimum atomic E-state index is -0.592. The Bertz CT molecular complexity index is 507. The third kappa shape index (κ3) is 2.07. The van der Waals surface area contributed by atoms with Crippen molar-refractivity contribution in [2.75, 3.05) is 6.54 Å². The molecule has 16 heavy (non-hydrogen) atoms. The van der Waals surface area contributed by atoms with Crippen molar-refractivity contribution in [2.24, 2.45) is 5.73 Å². The van der Waals surface area contributed by atoms with Gasteiger partial charge < -0.3 is 10.2 Å². The second kappa shape index (κ2) is 4.37. The number of nitro groups is 1. The largest absolute Gasteiger partial charge is 0.433 e. The number of furan rings is 1. The van der Waals surface area contributed by atoms with E-state index in [1.807, 2.05) is 0 Å². The molecule has 0 saturated carbocycles. The van der Waals surface area contributed by atoms with E-state index >= 15 is 0 Å². The Morgan fingerprint density at radius 2 is 2.31 bits per heavy atom. The number of aromatic nitrogens is 2. The van der Waals surface area contributed by atoms with Gasteiger partial charge in [0.05, 0.1) is 6.07 Å². The van der Waals surface area contributed by atoms with Crippen molar-refractivity contribution in [3.63, 3.8) is 0 Å². The van der Waals surface area contributed by atoms with E-state index in [4.69, 9.17) is 10.2 Å². The van der Waals surface area contributed by atoms with Crippen LogP contribution in [0.1, 0.15) is 5.01 Å². The summed E-state index contributed by atoms with van der Waals surface area (Å²) < 4.78 is 5.00. The van der Waals surface area contributed by atoms with Gasteiger partial charge in [0, 0.05) is 6.42 Å². The quantitative estimate of drug-likeness (QED) is 0.635. The van der Waals surface area contributed by atoms with E-state index in [2.05, 4.69) is 10.2 Å². The van der Waals surface area contributed by atoms with Crippen molar-refractivity contribution >= 4 is 17.2 Å². The monoisotopic (exact) mass is 240 g/mol. The minimum absolute atomic E-state index is 0.300. The second-order valence-electron chi connectivity index (χ2n) is 2.93. The lowest BCUT2D eigenvalue weighted by atomic mass is 10.5. The van der Waals surface area contributed by atoms with Crippen LogP contribution in [0.25, 0.3) is 10.8 Å². The van der Waals surface area contributed by atoms with Crippen LogP contribution in [0.15, 0.2) is 16.5 Å². The zero-order valence-corrected chi connectivity index (χ0v) is 8.94. The maximum Gasteiger partial charge on any atom is 0.433 e. The minimum Gasteiger partial charge on any atom is -0.398 e. The molecular weight excluding hydrogens is 232 g/mol. The molecule has 84 valence electrons. The highest BCUT2D eigenvalue weighted by Gasteiger charge is 2.16. The Morgan fingerprint density at radius 3 is 2.94 bits per heavy atom. The maximum absolute atomic E-state index is 10.4. The molecule has 2 rings (SSSR count). The summed E-state index contributed by atoms with van der Waals surface area (Å²) >= 11 is 1.32. The van der Waals surface area contributed by atoms with Gasteiger partial charge in [-0.25, -0.2) is 0 Å². The fraction of sp³-hybridized carbons (Fsp3) is 0.250. The standard InChI is InChI=1S/C8H8N4O3S/c9-4-3-6-10-11-8(16-6)5-1-2-7(15-5)12(13)14/h1-2H,3-4,9H2. The van der Waals surface area contributed by atoms with Gasteiger partial charge in [-0.1, -0.05) is 11.3 Å². The van der Waals surface area contributed by atoms with Crippen LogP contribution >= 0.6 is 11.3 Å². The number of nitrogens with zero attached hydrogens (tertiary/aromatic N) is 3. The fourth-order valence-electron chi connectivity index (χ4n) is 1.12. The van der Waals surface area contributed by atoms with Crippen molar-refractivity contribution in [1.82, 2.24) is 10.2 Å². The van der Waals surface area contributed by atoms with Crippen LogP contribution in [0.4, 0.5) is 5.88 Å². The number of hydrogen-bond donors (Lipinski definition) is 1. The Hall–Kier alpha value is -1.80. The number of rotatable bonds is 4. The molecule has 0 atom stereocenters. The SMILES string of the molecule is NCCc1nnc(-c2ccc([N+](=O)[O-])o2)s1. The third-order valence-electron chi connectivity index (χ3n) is 1.81. The first kappa shape index (κ1) is 10.7. The molecule has 0 fully saturated rings. The molecule has 2 N–H and O–H groups in total. The summed E-state index contributed by atoms with van der Waals surface area (Å²) in [7, 11) is 0.